The molecule has 0 rings (SSSR count). The highest BCUT2D eigenvalue weighted by molar-refractivity contribution is 5.85. The van der Waals surface area contributed by atoms with Gasteiger partial charge in [0.1, 0.15) is 0 Å². The molecular formula is C12H27ClN2O4. The van der Waals surface area contributed by atoms with Crippen LogP contribution in [0.25, 0.3) is 0 Å². The van der Waals surface area contributed by atoms with Gasteiger partial charge in [-0.3, -0.25) is 4.79 Å². The summed E-state index contributed by atoms with van der Waals surface area (Å²) >= 11 is 0. The molecule has 1 atom stereocenters. The maximum absolute atomic E-state index is 11.5. The van der Waals surface area contributed by atoms with Gasteiger partial charge in [0, 0.05) is 13.7 Å². The van der Waals surface area contributed by atoms with Gasteiger partial charge in [0.25, 0.3) is 0 Å². The minimum absolute atomic E-state index is 0. The van der Waals surface area contributed by atoms with Crippen LogP contribution in [0.1, 0.15) is 13.8 Å². The molecule has 0 aliphatic carbocycles. The quantitative estimate of drug-likeness (QED) is 0.532. The van der Waals surface area contributed by atoms with Crippen LogP contribution in [-0.4, -0.2) is 58.6 Å². The Morgan fingerprint density at radius 2 is 1.63 bits per heavy atom. The second-order valence-electron chi connectivity index (χ2n) is 4.28. The Labute approximate surface area is 121 Å². The molecule has 19 heavy (non-hydrogen) atoms. The van der Waals surface area contributed by atoms with Crippen molar-refractivity contribution in [3.63, 3.8) is 0 Å². The molecule has 116 valence electrons. The van der Waals surface area contributed by atoms with Crippen molar-refractivity contribution in [3.8, 4) is 0 Å². The maximum Gasteiger partial charge on any atom is 0.237 e. The average molecular weight is 299 g/mol. The van der Waals surface area contributed by atoms with Gasteiger partial charge in [-0.15, -0.1) is 12.4 Å². The number of hydrogen-bond donors (Lipinski definition) is 2. The van der Waals surface area contributed by atoms with E-state index in [9.17, 15) is 4.79 Å². The second kappa shape index (κ2) is 14.0. The van der Waals surface area contributed by atoms with Crippen molar-refractivity contribution < 1.29 is 19.0 Å². The van der Waals surface area contributed by atoms with Gasteiger partial charge in [0.15, 0.2) is 0 Å². The summed E-state index contributed by atoms with van der Waals surface area (Å²) in [5.74, 6) is 0.00467. The summed E-state index contributed by atoms with van der Waals surface area (Å²) in [6, 6.07) is -0.456. The smallest absolute Gasteiger partial charge is 0.237 e. The predicted molar refractivity (Wildman–Crippen MR) is 76.6 cm³/mol. The van der Waals surface area contributed by atoms with Gasteiger partial charge >= 0.3 is 0 Å². The molecule has 6 nitrogen and oxygen atoms in total. The highest BCUT2D eigenvalue weighted by Gasteiger charge is 2.15. The number of rotatable bonds is 11. The zero-order valence-electron chi connectivity index (χ0n) is 12.0. The third-order valence-corrected chi connectivity index (χ3v) is 2.37. The summed E-state index contributed by atoms with van der Waals surface area (Å²) in [7, 11) is 1.63. The fraction of sp³-hybridized carbons (Fsp3) is 0.917. The normalized spacial score (nSPS) is 12.1. The lowest BCUT2D eigenvalue weighted by atomic mass is 10.1. The van der Waals surface area contributed by atoms with Crippen LogP contribution in [0.2, 0.25) is 0 Å². The van der Waals surface area contributed by atoms with E-state index in [-0.39, 0.29) is 24.2 Å². The fourth-order valence-corrected chi connectivity index (χ4v) is 1.13. The molecule has 0 aromatic carbocycles. The molecule has 0 aromatic heterocycles. The molecule has 0 saturated carbocycles. The molecule has 1 amide bonds. The number of ether oxygens (including phenoxy) is 3. The van der Waals surface area contributed by atoms with Gasteiger partial charge in [-0.25, -0.2) is 0 Å². The van der Waals surface area contributed by atoms with Crippen LogP contribution < -0.4 is 11.1 Å². The van der Waals surface area contributed by atoms with E-state index in [0.29, 0.717) is 39.6 Å². The topological polar surface area (TPSA) is 82.8 Å². The van der Waals surface area contributed by atoms with Crippen molar-refractivity contribution in [1.29, 1.82) is 0 Å². The predicted octanol–water partition coefficient (Wildman–Crippen LogP) is 0.187. The van der Waals surface area contributed by atoms with Crippen LogP contribution in [-0.2, 0) is 19.0 Å². The summed E-state index contributed by atoms with van der Waals surface area (Å²) in [6.45, 7) is 6.96. The number of hydrogen-bond acceptors (Lipinski definition) is 5. The van der Waals surface area contributed by atoms with E-state index in [0.717, 1.165) is 0 Å². The number of methoxy groups -OCH3 is 1. The van der Waals surface area contributed by atoms with Crippen molar-refractivity contribution in [1.82, 2.24) is 5.32 Å². The highest BCUT2D eigenvalue weighted by atomic mass is 35.5. The summed E-state index contributed by atoms with van der Waals surface area (Å²) in [4.78, 5) is 11.5. The van der Waals surface area contributed by atoms with E-state index in [1.165, 1.54) is 0 Å². The van der Waals surface area contributed by atoms with Crippen LogP contribution in [0, 0.1) is 5.92 Å². The van der Waals surface area contributed by atoms with E-state index >= 15 is 0 Å². The molecule has 0 radical (unpaired) electrons. The van der Waals surface area contributed by atoms with E-state index in [4.69, 9.17) is 19.9 Å². The van der Waals surface area contributed by atoms with Crippen LogP contribution in [0.4, 0.5) is 0 Å². The first kappa shape index (κ1) is 20.9. The molecule has 0 aromatic rings. The van der Waals surface area contributed by atoms with E-state index in [1.807, 2.05) is 13.8 Å². The van der Waals surface area contributed by atoms with E-state index < -0.39 is 6.04 Å². The van der Waals surface area contributed by atoms with Gasteiger partial charge in [-0.2, -0.15) is 0 Å². The third-order valence-electron chi connectivity index (χ3n) is 2.37. The molecular weight excluding hydrogens is 272 g/mol. The molecule has 0 bridgehead atoms. The maximum atomic E-state index is 11.5. The Morgan fingerprint density at radius 3 is 2.16 bits per heavy atom. The van der Waals surface area contributed by atoms with Gasteiger partial charge in [-0.1, -0.05) is 13.8 Å². The molecule has 3 N–H and O–H groups in total. The number of halogens is 1. The zero-order chi connectivity index (χ0) is 13.8. The minimum atomic E-state index is -0.456. The van der Waals surface area contributed by atoms with E-state index in [2.05, 4.69) is 5.32 Å². The summed E-state index contributed by atoms with van der Waals surface area (Å²) in [5.41, 5.74) is 5.68. The summed E-state index contributed by atoms with van der Waals surface area (Å²) in [6.07, 6.45) is 0. The number of nitrogens with two attached hydrogens (primary N) is 1. The number of amides is 1. The molecule has 7 heteroatoms. The van der Waals surface area contributed by atoms with Crippen molar-refractivity contribution >= 4 is 18.3 Å². The summed E-state index contributed by atoms with van der Waals surface area (Å²) in [5, 5.41) is 2.73. The van der Waals surface area contributed by atoms with Crippen LogP contribution in [0.3, 0.4) is 0 Å². The molecule has 0 spiro atoms. The van der Waals surface area contributed by atoms with Gasteiger partial charge in [0.05, 0.1) is 39.1 Å². The van der Waals surface area contributed by atoms with Crippen molar-refractivity contribution in [2.24, 2.45) is 11.7 Å². The molecule has 0 fully saturated rings. The standard InChI is InChI=1S/C12H26N2O4.ClH/c1-10(2)11(13)12(15)14-4-5-17-8-9-18-7-6-16-3;/h10-11H,4-9,13H2,1-3H3,(H,14,15);1H/t11-;/m0./s1. The first-order valence-corrected chi connectivity index (χ1v) is 6.27. The monoisotopic (exact) mass is 298 g/mol. The Bertz CT molecular complexity index is 218. The minimum Gasteiger partial charge on any atom is -0.382 e. The van der Waals surface area contributed by atoms with Crippen LogP contribution in [0.15, 0.2) is 0 Å². The Morgan fingerprint density at radius 1 is 1.11 bits per heavy atom. The lowest BCUT2D eigenvalue weighted by Crippen LogP contribution is -2.44. The number of carbonyl (C=O) groups is 1. The molecule has 0 unspecified atom stereocenters. The van der Waals surface area contributed by atoms with Gasteiger partial charge in [0.2, 0.25) is 5.91 Å². The number of nitrogens with one attached hydrogen (secondary N) is 1. The summed E-state index contributed by atoms with van der Waals surface area (Å²) < 4.78 is 15.3. The first-order chi connectivity index (χ1) is 8.59. The largest absolute Gasteiger partial charge is 0.382 e. The van der Waals surface area contributed by atoms with Gasteiger partial charge in [-0.05, 0) is 5.92 Å². The Hall–Kier alpha value is -0.400. The third kappa shape index (κ3) is 12.4. The zero-order valence-corrected chi connectivity index (χ0v) is 12.8. The second-order valence-corrected chi connectivity index (χ2v) is 4.28. The van der Waals surface area contributed by atoms with Crippen molar-refractivity contribution in [2.45, 2.75) is 19.9 Å². The highest BCUT2D eigenvalue weighted by Crippen LogP contribution is 1.97. The number of carbonyl (C=O) groups excluding carboxylic acids is 1. The van der Waals surface area contributed by atoms with Gasteiger partial charge < -0.3 is 25.3 Å². The Kier molecular flexibility index (Phi) is 15.4. The molecule has 0 saturated heterocycles. The Balaban J connectivity index is 0. The average Bonchev–Trinajstić information content (AvgIpc) is 2.35. The first-order valence-electron chi connectivity index (χ1n) is 6.27. The molecule has 0 heterocycles. The van der Waals surface area contributed by atoms with Crippen molar-refractivity contribution in [2.75, 3.05) is 46.7 Å². The molecule has 0 aliphatic rings. The fourth-order valence-electron chi connectivity index (χ4n) is 1.13. The lowest BCUT2D eigenvalue weighted by molar-refractivity contribution is -0.123. The van der Waals surface area contributed by atoms with E-state index in [1.54, 1.807) is 7.11 Å². The molecule has 0 aliphatic heterocycles. The lowest BCUT2D eigenvalue weighted by Gasteiger charge is -2.15. The van der Waals surface area contributed by atoms with Crippen molar-refractivity contribution in [3.05, 3.63) is 0 Å². The van der Waals surface area contributed by atoms with Crippen LogP contribution >= 0.6 is 12.4 Å². The van der Waals surface area contributed by atoms with Crippen LogP contribution in [0.5, 0.6) is 0 Å². The SMILES string of the molecule is COCCOCCOCCNC(=O)[C@@H](N)C(C)C.Cl.